The first-order valence-electron chi connectivity index (χ1n) is 5.74. The molecule has 0 fully saturated rings. The van der Waals surface area contributed by atoms with Crippen LogP contribution < -0.4 is 10.2 Å². The molecule has 0 aromatic heterocycles. The lowest BCUT2D eigenvalue weighted by molar-refractivity contribution is -0.119. The van der Waals surface area contributed by atoms with Crippen LogP contribution in [0.25, 0.3) is 0 Å². The Morgan fingerprint density at radius 2 is 2.16 bits per heavy atom. The van der Waals surface area contributed by atoms with E-state index in [1.165, 1.54) is 18.2 Å². The van der Waals surface area contributed by atoms with Crippen LogP contribution in [0.5, 0.6) is 0 Å². The van der Waals surface area contributed by atoms with Crippen LogP contribution in [0.4, 0.5) is 5.69 Å². The lowest BCUT2D eigenvalue weighted by atomic mass is 10.1. The summed E-state index contributed by atoms with van der Waals surface area (Å²) in [6.07, 6.45) is 0. The maximum Gasteiger partial charge on any atom is 0.335 e. The van der Waals surface area contributed by atoms with Gasteiger partial charge < -0.3 is 15.3 Å². The van der Waals surface area contributed by atoms with Crippen molar-refractivity contribution in [3.8, 4) is 6.07 Å². The number of nitrogens with one attached hydrogen (secondary N) is 1. The summed E-state index contributed by atoms with van der Waals surface area (Å²) in [6, 6.07) is 6.18. The Hall–Kier alpha value is -2.55. The summed E-state index contributed by atoms with van der Waals surface area (Å²) >= 11 is 0. The monoisotopic (exact) mass is 261 g/mol. The Morgan fingerprint density at radius 3 is 2.68 bits per heavy atom. The fraction of sp³-hybridized carbons (Fsp3) is 0.308. The average Bonchev–Trinajstić information content (AvgIpc) is 2.37. The van der Waals surface area contributed by atoms with Gasteiger partial charge in [0.2, 0.25) is 5.91 Å². The second kappa shape index (κ2) is 6.40. The van der Waals surface area contributed by atoms with Crippen molar-refractivity contribution in [2.24, 2.45) is 0 Å². The Labute approximate surface area is 111 Å². The fourth-order valence-electron chi connectivity index (χ4n) is 1.65. The highest BCUT2D eigenvalue weighted by Gasteiger charge is 2.13. The largest absolute Gasteiger partial charge is 0.478 e. The third-order valence-electron chi connectivity index (χ3n) is 2.53. The summed E-state index contributed by atoms with van der Waals surface area (Å²) in [4.78, 5) is 23.9. The highest BCUT2D eigenvalue weighted by Crippen LogP contribution is 2.20. The molecule has 1 aromatic rings. The van der Waals surface area contributed by atoms with Gasteiger partial charge in [0.1, 0.15) is 6.07 Å². The molecule has 0 aliphatic rings. The van der Waals surface area contributed by atoms with Gasteiger partial charge in [0.05, 0.1) is 23.4 Å². The molecular formula is C13H15N3O3. The van der Waals surface area contributed by atoms with Gasteiger partial charge in [-0.1, -0.05) is 0 Å². The number of likely N-dealkylation sites (N-methyl/N-ethyl adjacent to an activating group) is 2. The first-order valence-corrected chi connectivity index (χ1v) is 5.74. The number of nitrogens with zero attached hydrogens (tertiary/aromatic N) is 2. The van der Waals surface area contributed by atoms with Gasteiger partial charge in [-0.15, -0.1) is 0 Å². The van der Waals surface area contributed by atoms with E-state index in [2.05, 4.69) is 5.32 Å². The van der Waals surface area contributed by atoms with E-state index in [4.69, 9.17) is 10.4 Å². The van der Waals surface area contributed by atoms with E-state index in [-0.39, 0.29) is 23.6 Å². The zero-order valence-electron chi connectivity index (χ0n) is 10.8. The van der Waals surface area contributed by atoms with Crippen LogP contribution in [-0.2, 0) is 4.79 Å². The SMILES string of the molecule is CCNC(=O)CN(C)c1ccc(C(=O)O)cc1C#N. The average molecular weight is 261 g/mol. The minimum Gasteiger partial charge on any atom is -0.478 e. The lowest BCUT2D eigenvalue weighted by Crippen LogP contribution is -2.35. The number of benzene rings is 1. The molecule has 2 N–H and O–H groups in total. The molecule has 0 aliphatic carbocycles. The van der Waals surface area contributed by atoms with E-state index < -0.39 is 5.97 Å². The predicted octanol–water partition coefficient (Wildman–Crippen LogP) is 0.829. The first-order chi connectivity index (χ1) is 8.99. The number of nitriles is 1. The number of carbonyl (C=O) groups is 2. The zero-order valence-corrected chi connectivity index (χ0v) is 10.8. The molecule has 1 rings (SSSR count). The van der Waals surface area contributed by atoms with Gasteiger partial charge in [-0.25, -0.2) is 4.79 Å². The molecule has 0 saturated carbocycles. The van der Waals surface area contributed by atoms with Crippen LogP contribution in [0.3, 0.4) is 0 Å². The predicted molar refractivity (Wildman–Crippen MR) is 70.1 cm³/mol. The van der Waals surface area contributed by atoms with Crippen molar-refractivity contribution in [2.45, 2.75) is 6.92 Å². The third kappa shape index (κ3) is 3.71. The molecule has 0 aliphatic heterocycles. The Bertz CT molecular complexity index is 534. The number of hydrogen-bond donors (Lipinski definition) is 2. The molecule has 0 saturated heterocycles. The number of anilines is 1. The summed E-state index contributed by atoms with van der Waals surface area (Å²) in [6.45, 7) is 2.46. The molecular weight excluding hydrogens is 246 g/mol. The highest BCUT2D eigenvalue weighted by molar-refractivity contribution is 5.89. The van der Waals surface area contributed by atoms with Crippen LogP contribution in [0, 0.1) is 11.3 Å². The summed E-state index contributed by atoms with van der Waals surface area (Å²) in [5, 5.41) is 20.6. The van der Waals surface area contributed by atoms with Gasteiger partial charge in [0, 0.05) is 13.6 Å². The Kier molecular flexibility index (Phi) is 4.89. The number of carboxylic acids is 1. The molecule has 1 amide bonds. The minimum atomic E-state index is -1.09. The maximum atomic E-state index is 11.5. The molecule has 0 heterocycles. The van der Waals surface area contributed by atoms with Gasteiger partial charge in [0.15, 0.2) is 0 Å². The summed E-state index contributed by atoms with van der Waals surface area (Å²) in [5.41, 5.74) is 0.803. The van der Waals surface area contributed by atoms with Crippen molar-refractivity contribution in [3.05, 3.63) is 29.3 Å². The molecule has 100 valence electrons. The van der Waals surface area contributed by atoms with E-state index >= 15 is 0 Å². The fourth-order valence-corrected chi connectivity index (χ4v) is 1.65. The standard InChI is InChI=1S/C13H15N3O3/c1-3-15-12(17)8-16(2)11-5-4-9(13(18)19)6-10(11)7-14/h4-6H,3,8H2,1-2H3,(H,15,17)(H,18,19). The topological polar surface area (TPSA) is 93.4 Å². The van der Waals surface area contributed by atoms with Crippen molar-refractivity contribution in [2.75, 3.05) is 25.0 Å². The molecule has 0 bridgehead atoms. The van der Waals surface area contributed by atoms with Crippen LogP contribution >= 0.6 is 0 Å². The lowest BCUT2D eigenvalue weighted by Gasteiger charge is -2.20. The highest BCUT2D eigenvalue weighted by atomic mass is 16.4. The Morgan fingerprint density at radius 1 is 1.47 bits per heavy atom. The summed E-state index contributed by atoms with van der Waals surface area (Å²) in [7, 11) is 1.67. The van der Waals surface area contributed by atoms with Crippen LogP contribution in [0.1, 0.15) is 22.8 Å². The first kappa shape index (κ1) is 14.5. The van der Waals surface area contributed by atoms with Crippen LogP contribution in [0.2, 0.25) is 0 Å². The van der Waals surface area contributed by atoms with Gasteiger partial charge in [-0.2, -0.15) is 5.26 Å². The summed E-state index contributed by atoms with van der Waals surface area (Å²) in [5.74, 6) is -1.24. The number of rotatable bonds is 5. The van der Waals surface area contributed by atoms with Crippen molar-refractivity contribution >= 4 is 17.6 Å². The second-order valence-electron chi connectivity index (χ2n) is 3.96. The number of carbonyl (C=O) groups excluding carboxylic acids is 1. The minimum absolute atomic E-state index is 0.0479. The second-order valence-corrected chi connectivity index (χ2v) is 3.96. The summed E-state index contributed by atoms with van der Waals surface area (Å²) < 4.78 is 0. The van der Waals surface area contributed by atoms with E-state index in [0.29, 0.717) is 12.2 Å². The molecule has 0 radical (unpaired) electrons. The molecule has 0 unspecified atom stereocenters. The van der Waals surface area contributed by atoms with E-state index in [9.17, 15) is 9.59 Å². The van der Waals surface area contributed by atoms with Gasteiger partial charge in [-0.05, 0) is 25.1 Å². The smallest absolute Gasteiger partial charge is 0.335 e. The molecule has 1 aromatic carbocycles. The molecule has 0 atom stereocenters. The van der Waals surface area contributed by atoms with Gasteiger partial charge in [0.25, 0.3) is 0 Å². The number of aromatic carboxylic acids is 1. The number of carboxylic acid groups (broad SMARTS) is 1. The normalized spacial score (nSPS) is 9.53. The molecule has 6 nitrogen and oxygen atoms in total. The molecule has 19 heavy (non-hydrogen) atoms. The van der Waals surface area contributed by atoms with Gasteiger partial charge in [-0.3, -0.25) is 4.79 Å². The zero-order chi connectivity index (χ0) is 14.4. The van der Waals surface area contributed by atoms with Crippen molar-refractivity contribution < 1.29 is 14.7 Å². The molecule has 0 spiro atoms. The molecule has 6 heteroatoms. The van der Waals surface area contributed by atoms with Gasteiger partial charge >= 0.3 is 5.97 Å². The maximum absolute atomic E-state index is 11.5. The van der Waals surface area contributed by atoms with E-state index in [0.717, 1.165) is 0 Å². The van der Waals surface area contributed by atoms with Crippen LogP contribution in [-0.4, -0.2) is 37.1 Å². The van der Waals surface area contributed by atoms with Crippen molar-refractivity contribution in [1.29, 1.82) is 5.26 Å². The van der Waals surface area contributed by atoms with E-state index in [1.807, 2.05) is 13.0 Å². The third-order valence-corrected chi connectivity index (χ3v) is 2.53. The van der Waals surface area contributed by atoms with Crippen molar-refractivity contribution in [3.63, 3.8) is 0 Å². The Balaban J connectivity index is 2.97. The van der Waals surface area contributed by atoms with Crippen molar-refractivity contribution in [1.82, 2.24) is 5.32 Å². The van der Waals surface area contributed by atoms with Crippen LogP contribution in [0.15, 0.2) is 18.2 Å². The quantitative estimate of drug-likeness (QED) is 0.818. The number of hydrogen-bond acceptors (Lipinski definition) is 4. The number of amides is 1. The van der Waals surface area contributed by atoms with E-state index in [1.54, 1.807) is 11.9 Å².